The average molecular weight is 433 g/mol. The average Bonchev–Trinajstić information content (AvgIpc) is 2.73. The van der Waals surface area contributed by atoms with E-state index in [-0.39, 0.29) is 16.2 Å². The van der Waals surface area contributed by atoms with Crippen molar-refractivity contribution in [2.24, 2.45) is 0 Å². The zero-order chi connectivity index (χ0) is 21.9. The topological polar surface area (TPSA) is 84.9 Å². The van der Waals surface area contributed by atoms with Gasteiger partial charge in [-0.05, 0) is 41.3 Å². The van der Waals surface area contributed by atoms with E-state index in [0.29, 0.717) is 43.3 Å². The summed E-state index contributed by atoms with van der Waals surface area (Å²) in [5.41, 5.74) is 1.89. The number of sulfonamides is 1. The SMILES string of the molecule is COc1ccc(S(=O)(=O)N2CCOCC2)cc1NC(=O)c1ccc(C(C)(C)C)cc1. The fourth-order valence-electron chi connectivity index (χ4n) is 3.20. The van der Waals surface area contributed by atoms with Crippen LogP contribution >= 0.6 is 0 Å². The number of carbonyl (C=O) groups excluding carboxylic acids is 1. The molecule has 8 heteroatoms. The van der Waals surface area contributed by atoms with Gasteiger partial charge in [0.2, 0.25) is 10.0 Å². The summed E-state index contributed by atoms with van der Waals surface area (Å²) < 4.78 is 37.8. The molecule has 1 saturated heterocycles. The molecule has 0 aromatic heterocycles. The molecule has 7 nitrogen and oxygen atoms in total. The highest BCUT2D eigenvalue weighted by Crippen LogP contribution is 2.30. The van der Waals surface area contributed by atoms with Gasteiger partial charge >= 0.3 is 0 Å². The van der Waals surface area contributed by atoms with E-state index < -0.39 is 10.0 Å². The van der Waals surface area contributed by atoms with Crippen molar-refractivity contribution in [1.29, 1.82) is 0 Å². The number of amides is 1. The van der Waals surface area contributed by atoms with Crippen molar-refractivity contribution in [2.75, 3.05) is 38.7 Å². The highest BCUT2D eigenvalue weighted by Gasteiger charge is 2.27. The summed E-state index contributed by atoms with van der Waals surface area (Å²) in [7, 11) is -2.21. The molecule has 0 unspecified atom stereocenters. The van der Waals surface area contributed by atoms with E-state index in [1.807, 2.05) is 12.1 Å². The number of benzene rings is 2. The number of carbonyl (C=O) groups is 1. The first-order chi connectivity index (χ1) is 14.1. The van der Waals surface area contributed by atoms with E-state index >= 15 is 0 Å². The van der Waals surface area contributed by atoms with Crippen LogP contribution in [0, 0.1) is 0 Å². The Balaban J connectivity index is 1.86. The van der Waals surface area contributed by atoms with Crippen molar-refractivity contribution in [2.45, 2.75) is 31.1 Å². The minimum Gasteiger partial charge on any atom is -0.495 e. The molecule has 1 aliphatic heterocycles. The first-order valence-electron chi connectivity index (χ1n) is 9.81. The van der Waals surface area contributed by atoms with Gasteiger partial charge in [0.05, 0.1) is 30.9 Å². The van der Waals surface area contributed by atoms with Gasteiger partial charge in [0, 0.05) is 18.7 Å². The van der Waals surface area contributed by atoms with Gasteiger partial charge in [-0.1, -0.05) is 32.9 Å². The summed E-state index contributed by atoms with van der Waals surface area (Å²) in [6.07, 6.45) is 0. The fourth-order valence-corrected chi connectivity index (χ4v) is 4.63. The molecule has 0 bridgehead atoms. The van der Waals surface area contributed by atoms with E-state index in [0.717, 1.165) is 5.56 Å². The third-order valence-electron chi connectivity index (χ3n) is 5.04. The Morgan fingerprint density at radius 3 is 2.27 bits per heavy atom. The highest BCUT2D eigenvalue weighted by molar-refractivity contribution is 7.89. The first kappa shape index (κ1) is 22.3. The Bertz CT molecular complexity index is 1000. The molecule has 1 N–H and O–H groups in total. The lowest BCUT2D eigenvalue weighted by molar-refractivity contribution is 0.0730. The molecule has 0 spiro atoms. The van der Waals surface area contributed by atoms with Crippen LogP contribution in [0.3, 0.4) is 0 Å². The monoisotopic (exact) mass is 432 g/mol. The normalized spacial score (nSPS) is 15.6. The summed E-state index contributed by atoms with van der Waals surface area (Å²) in [6, 6.07) is 11.8. The summed E-state index contributed by atoms with van der Waals surface area (Å²) in [6.45, 7) is 7.65. The summed E-state index contributed by atoms with van der Waals surface area (Å²) in [5, 5.41) is 2.78. The second kappa shape index (κ2) is 8.75. The van der Waals surface area contributed by atoms with Gasteiger partial charge in [0.15, 0.2) is 0 Å². The van der Waals surface area contributed by atoms with Crippen LogP contribution in [0.25, 0.3) is 0 Å². The number of morpholine rings is 1. The molecule has 1 heterocycles. The number of ether oxygens (including phenoxy) is 2. The molecule has 162 valence electrons. The van der Waals surface area contributed by atoms with E-state index in [4.69, 9.17) is 9.47 Å². The number of rotatable bonds is 5. The lowest BCUT2D eigenvalue weighted by Crippen LogP contribution is -2.40. The van der Waals surface area contributed by atoms with Crippen molar-refractivity contribution >= 4 is 21.6 Å². The predicted octanol–water partition coefficient (Wildman–Crippen LogP) is 3.27. The van der Waals surface area contributed by atoms with E-state index in [9.17, 15) is 13.2 Å². The van der Waals surface area contributed by atoms with Gasteiger partial charge in [0.25, 0.3) is 5.91 Å². The van der Waals surface area contributed by atoms with E-state index in [1.54, 1.807) is 18.2 Å². The maximum absolute atomic E-state index is 12.9. The molecular weight excluding hydrogens is 404 g/mol. The molecule has 3 rings (SSSR count). The van der Waals surface area contributed by atoms with Crippen molar-refractivity contribution in [1.82, 2.24) is 4.31 Å². The number of methoxy groups -OCH3 is 1. The van der Waals surface area contributed by atoms with Gasteiger partial charge < -0.3 is 14.8 Å². The highest BCUT2D eigenvalue weighted by atomic mass is 32.2. The van der Waals surface area contributed by atoms with Crippen LogP contribution in [-0.2, 0) is 20.2 Å². The smallest absolute Gasteiger partial charge is 0.255 e. The standard InChI is InChI=1S/C22H28N2O5S/c1-22(2,3)17-7-5-16(6-8-17)21(25)23-19-15-18(9-10-20(19)28-4)30(26,27)24-11-13-29-14-12-24/h5-10,15H,11-14H2,1-4H3,(H,23,25). The Kier molecular flexibility index (Phi) is 6.50. The van der Waals surface area contributed by atoms with E-state index in [2.05, 4.69) is 26.1 Å². The molecule has 0 saturated carbocycles. The van der Waals surface area contributed by atoms with Gasteiger partial charge in [0.1, 0.15) is 5.75 Å². The van der Waals surface area contributed by atoms with Crippen LogP contribution < -0.4 is 10.1 Å². The lowest BCUT2D eigenvalue weighted by Gasteiger charge is -2.26. The Morgan fingerprint density at radius 2 is 1.70 bits per heavy atom. The largest absolute Gasteiger partial charge is 0.495 e. The molecule has 2 aromatic rings. The summed E-state index contributed by atoms with van der Waals surface area (Å²) in [4.78, 5) is 12.9. The van der Waals surface area contributed by atoms with Crippen LogP contribution in [0.2, 0.25) is 0 Å². The molecule has 1 fully saturated rings. The van der Waals surface area contributed by atoms with Gasteiger partial charge in [-0.25, -0.2) is 8.42 Å². The van der Waals surface area contributed by atoms with Crippen molar-refractivity contribution in [3.63, 3.8) is 0 Å². The fraction of sp³-hybridized carbons (Fsp3) is 0.409. The number of hydrogen-bond acceptors (Lipinski definition) is 5. The minimum absolute atomic E-state index is 0.0135. The molecule has 1 aliphatic rings. The first-order valence-corrected chi connectivity index (χ1v) is 11.2. The Morgan fingerprint density at radius 1 is 1.07 bits per heavy atom. The van der Waals surface area contributed by atoms with Crippen LogP contribution in [0.4, 0.5) is 5.69 Å². The lowest BCUT2D eigenvalue weighted by atomic mass is 9.87. The molecule has 0 aliphatic carbocycles. The third-order valence-corrected chi connectivity index (χ3v) is 6.93. The van der Waals surface area contributed by atoms with Gasteiger partial charge in [-0.15, -0.1) is 0 Å². The van der Waals surface area contributed by atoms with Gasteiger partial charge in [-0.2, -0.15) is 4.31 Å². The maximum atomic E-state index is 12.9. The van der Waals surface area contributed by atoms with Crippen LogP contribution in [0.15, 0.2) is 47.4 Å². The van der Waals surface area contributed by atoms with Crippen molar-refractivity contribution in [3.05, 3.63) is 53.6 Å². The second-order valence-electron chi connectivity index (χ2n) is 8.16. The quantitative estimate of drug-likeness (QED) is 0.784. The molecule has 30 heavy (non-hydrogen) atoms. The Hall–Kier alpha value is -2.42. The molecule has 1 amide bonds. The zero-order valence-corrected chi connectivity index (χ0v) is 18.6. The van der Waals surface area contributed by atoms with Crippen molar-refractivity contribution < 1.29 is 22.7 Å². The zero-order valence-electron chi connectivity index (χ0n) is 17.8. The molecule has 0 atom stereocenters. The number of nitrogens with one attached hydrogen (secondary N) is 1. The number of nitrogens with zero attached hydrogens (tertiary/aromatic N) is 1. The second-order valence-corrected chi connectivity index (χ2v) is 10.1. The maximum Gasteiger partial charge on any atom is 0.255 e. The molecule has 2 aromatic carbocycles. The minimum atomic E-state index is -3.69. The predicted molar refractivity (Wildman–Crippen MR) is 116 cm³/mol. The van der Waals surface area contributed by atoms with Crippen molar-refractivity contribution in [3.8, 4) is 5.75 Å². The summed E-state index contributed by atoms with van der Waals surface area (Å²) in [5.74, 6) is 0.0465. The Labute approximate surface area is 178 Å². The molecular formula is C22H28N2O5S. The number of anilines is 1. The summed E-state index contributed by atoms with van der Waals surface area (Å²) >= 11 is 0. The van der Waals surface area contributed by atoms with Crippen LogP contribution in [-0.4, -0.2) is 52.0 Å². The van der Waals surface area contributed by atoms with Crippen LogP contribution in [0.1, 0.15) is 36.7 Å². The van der Waals surface area contributed by atoms with Gasteiger partial charge in [-0.3, -0.25) is 4.79 Å². The third kappa shape index (κ3) is 4.83. The molecule has 0 radical (unpaired) electrons. The van der Waals surface area contributed by atoms with Crippen LogP contribution in [0.5, 0.6) is 5.75 Å². The van der Waals surface area contributed by atoms with E-state index in [1.165, 1.54) is 23.5 Å². The number of hydrogen-bond donors (Lipinski definition) is 1.